The van der Waals surface area contributed by atoms with Gasteiger partial charge in [-0.2, -0.15) is 9.30 Å². The van der Waals surface area contributed by atoms with Gasteiger partial charge in [0.1, 0.15) is 18.2 Å². The third-order valence-corrected chi connectivity index (χ3v) is 11.3. The van der Waals surface area contributed by atoms with Gasteiger partial charge in [0, 0.05) is 62.2 Å². The standard InChI is InChI=1S/C43H51N5O6S/c1-32(42(50)45-30-35-15-21-38(22-16-35)41(44)46-43(51)54-31-36-11-7-4-8-12-36)29-40(49)37(19-13-33-9-5-3-6-10-33)20-14-34-17-23-39(24-18-34)47-25-27-48(28-26-47)55(2,52)53/h3-12,15-18,21-24,32,37H,13-14,19-20,25-31H2,1-2H3,(H,45,50)(H2,44,46,51)/t32-,37+/m1/s1. The smallest absolute Gasteiger partial charge is 0.435 e. The molecule has 11 nitrogen and oxygen atoms in total. The van der Waals surface area contributed by atoms with E-state index < -0.39 is 22.0 Å². The number of hydrogen-bond acceptors (Lipinski definition) is 7. The highest BCUT2D eigenvalue weighted by molar-refractivity contribution is 7.88. The van der Waals surface area contributed by atoms with Crippen molar-refractivity contribution >= 4 is 39.3 Å². The molecule has 4 aromatic carbocycles. The van der Waals surface area contributed by atoms with E-state index in [-0.39, 0.29) is 43.0 Å². The molecule has 2 atom stereocenters. The lowest BCUT2D eigenvalue weighted by Crippen LogP contribution is -2.48. The van der Waals surface area contributed by atoms with Crippen LogP contribution >= 0.6 is 0 Å². The molecule has 0 aliphatic carbocycles. The summed E-state index contributed by atoms with van der Waals surface area (Å²) in [5.74, 6) is -0.788. The van der Waals surface area contributed by atoms with Gasteiger partial charge in [0.05, 0.1) is 6.26 Å². The van der Waals surface area contributed by atoms with Crippen LogP contribution in [-0.2, 0) is 50.3 Å². The second kappa shape index (κ2) is 19.8. The minimum Gasteiger partial charge on any atom is -0.443 e. The molecule has 0 bridgehead atoms. The van der Waals surface area contributed by atoms with Gasteiger partial charge in [-0.15, -0.1) is 0 Å². The first kappa shape index (κ1) is 40.8. The Bertz CT molecular complexity index is 2000. The molecule has 1 fully saturated rings. The summed E-state index contributed by atoms with van der Waals surface area (Å²) >= 11 is 0. The first-order valence-electron chi connectivity index (χ1n) is 18.7. The first-order valence-corrected chi connectivity index (χ1v) is 20.6. The van der Waals surface area contributed by atoms with Crippen LogP contribution in [0.5, 0.6) is 0 Å². The Balaban J connectivity index is 1.11. The summed E-state index contributed by atoms with van der Waals surface area (Å²) < 4.78 is 30.5. The number of amidine groups is 1. The molecule has 1 saturated heterocycles. The van der Waals surface area contributed by atoms with Gasteiger partial charge in [-0.25, -0.2) is 13.2 Å². The number of sulfonamides is 1. The Morgan fingerprint density at radius 3 is 1.89 bits per heavy atom. The van der Waals surface area contributed by atoms with Gasteiger partial charge in [-0.05, 0) is 60.1 Å². The van der Waals surface area contributed by atoms with Gasteiger partial charge in [-0.1, -0.05) is 104 Å². The largest absolute Gasteiger partial charge is 0.443 e. The molecule has 5 rings (SSSR count). The average molecular weight is 766 g/mol. The van der Waals surface area contributed by atoms with Gasteiger partial charge in [0.2, 0.25) is 15.9 Å². The Kier molecular flexibility index (Phi) is 14.7. The molecular formula is C43H51N5O6S. The summed E-state index contributed by atoms with van der Waals surface area (Å²) in [6.07, 6.45) is 3.50. The number of aliphatic imine (C=N–C) groups is 1. The maximum Gasteiger partial charge on any atom is 0.435 e. The summed E-state index contributed by atoms with van der Waals surface area (Å²) in [6.45, 7) is 4.37. The number of aryl methyl sites for hydroxylation is 2. The number of carbonyl (C=O) groups excluding carboxylic acids is 3. The number of rotatable bonds is 17. The van der Waals surface area contributed by atoms with Crippen molar-refractivity contribution in [1.29, 1.82) is 0 Å². The number of piperazine rings is 1. The number of ether oxygens (including phenoxy) is 1. The maximum absolute atomic E-state index is 13.7. The van der Waals surface area contributed by atoms with Gasteiger partial charge < -0.3 is 20.7 Å². The monoisotopic (exact) mass is 765 g/mol. The van der Waals surface area contributed by atoms with Crippen LogP contribution < -0.4 is 16.0 Å². The number of nitrogens with zero attached hydrogens (tertiary/aromatic N) is 3. The van der Waals surface area contributed by atoms with E-state index in [2.05, 4.69) is 51.6 Å². The Morgan fingerprint density at radius 1 is 0.764 bits per heavy atom. The van der Waals surface area contributed by atoms with Crippen LogP contribution in [0, 0.1) is 11.8 Å². The quantitative estimate of drug-likeness (QED) is 0.0996. The van der Waals surface area contributed by atoms with E-state index in [1.165, 1.54) is 16.1 Å². The third-order valence-electron chi connectivity index (χ3n) is 9.96. The van der Waals surface area contributed by atoms with Crippen LogP contribution in [0.4, 0.5) is 10.5 Å². The third kappa shape index (κ3) is 12.9. The molecule has 0 spiro atoms. The number of Topliss-reactive ketones (excluding diaryl/α,β-unsaturated/α-hetero) is 1. The van der Waals surface area contributed by atoms with Crippen LogP contribution in [0.3, 0.4) is 0 Å². The number of ketones is 1. The van der Waals surface area contributed by atoms with Crippen molar-refractivity contribution in [3.8, 4) is 0 Å². The summed E-state index contributed by atoms with van der Waals surface area (Å²) in [6, 6.07) is 34.8. The van der Waals surface area contributed by atoms with Crippen molar-refractivity contribution in [2.45, 2.75) is 52.2 Å². The predicted molar refractivity (Wildman–Crippen MR) is 216 cm³/mol. The highest BCUT2D eigenvalue weighted by Gasteiger charge is 2.25. The molecule has 1 heterocycles. The predicted octanol–water partition coefficient (Wildman–Crippen LogP) is 5.90. The molecule has 0 unspecified atom stereocenters. The highest BCUT2D eigenvalue weighted by Crippen LogP contribution is 2.24. The summed E-state index contributed by atoms with van der Waals surface area (Å²) in [5.41, 5.74) is 11.6. The Hall–Kier alpha value is -5.33. The number of amides is 2. The van der Waals surface area contributed by atoms with Crippen molar-refractivity contribution in [1.82, 2.24) is 9.62 Å². The van der Waals surface area contributed by atoms with Crippen molar-refractivity contribution in [2.75, 3.05) is 37.3 Å². The molecule has 1 aliphatic rings. The SMILES string of the molecule is C[C@H](CC(=O)[C@@H](CCc1ccccc1)CCc1ccc(N2CCN(S(C)(=O)=O)CC2)cc1)C(=O)NCc1ccc(C(N)=NC(=O)OCc2ccccc2)cc1. The molecule has 0 aromatic heterocycles. The number of nitrogens with one attached hydrogen (secondary N) is 1. The number of anilines is 1. The van der Waals surface area contributed by atoms with Gasteiger partial charge in [0.15, 0.2) is 0 Å². The molecule has 3 N–H and O–H groups in total. The maximum atomic E-state index is 13.7. The van der Waals surface area contributed by atoms with Crippen LogP contribution in [-0.4, -0.2) is 68.8 Å². The summed E-state index contributed by atoms with van der Waals surface area (Å²) in [7, 11) is -3.19. The van der Waals surface area contributed by atoms with Crippen molar-refractivity contribution in [2.24, 2.45) is 22.6 Å². The minimum absolute atomic E-state index is 0.0295. The van der Waals surface area contributed by atoms with E-state index >= 15 is 0 Å². The lowest BCUT2D eigenvalue weighted by molar-refractivity contribution is -0.130. The molecule has 55 heavy (non-hydrogen) atoms. The lowest BCUT2D eigenvalue weighted by Gasteiger charge is -2.34. The average Bonchev–Trinajstić information content (AvgIpc) is 3.20. The zero-order valence-electron chi connectivity index (χ0n) is 31.6. The topological polar surface area (TPSA) is 151 Å². The van der Waals surface area contributed by atoms with E-state index in [4.69, 9.17) is 10.5 Å². The van der Waals surface area contributed by atoms with E-state index in [9.17, 15) is 22.8 Å². The number of hydrogen-bond donors (Lipinski definition) is 2. The molecule has 4 aromatic rings. The molecular weight excluding hydrogens is 715 g/mol. The van der Waals surface area contributed by atoms with E-state index in [1.54, 1.807) is 31.2 Å². The van der Waals surface area contributed by atoms with Crippen LogP contribution in [0.1, 0.15) is 54.0 Å². The van der Waals surface area contributed by atoms with Crippen molar-refractivity contribution in [3.05, 3.63) is 137 Å². The van der Waals surface area contributed by atoms with Crippen molar-refractivity contribution in [3.63, 3.8) is 0 Å². The molecule has 290 valence electrons. The molecule has 1 aliphatic heterocycles. The van der Waals surface area contributed by atoms with Gasteiger partial charge >= 0.3 is 6.09 Å². The van der Waals surface area contributed by atoms with Crippen molar-refractivity contribution < 1.29 is 27.5 Å². The molecule has 0 radical (unpaired) electrons. The fraction of sp³-hybridized carbons (Fsp3) is 0.349. The van der Waals surface area contributed by atoms with Crippen LogP contribution in [0.25, 0.3) is 0 Å². The molecule has 12 heteroatoms. The fourth-order valence-electron chi connectivity index (χ4n) is 6.58. The van der Waals surface area contributed by atoms with E-state index in [0.717, 1.165) is 35.2 Å². The normalized spacial score (nSPS) is 14.9. The number of nitrogens with two attached hydrogens (primary N) is 1. The lowest BCUT2D eigenvalue weighted by atomic mass is 9.86. The van der Waals surface area contributed by atoms with Gasteiger partial charge in [-0.3, -0.25) is 9.59 Å². The zero-order valence-corrected chi connectivity index (χ0v) is 32.4. The number of carbonyl (C=O) groups is 3. The first-order chi connectivity index (χ1) is 26.4. The second-order valence-corrected chi connectivity index (χ2v) is 16.1. The Morgan fingerprint density at radius 2 is 1.31 bits per heavy atom. The van der Waals surface area contributed by atoms with E-state index in [0.29, 0.717) is 44.6 Å². The summed E-state index contributed by atoms with van der Waals surface area (Å²) in [5, 5.41) is 2.95. The van der Waals surface area contributed by atoms with E-state index in [1.807, 2.05) is 48.5 Å². The molecule has 2 amide bonds. The number of benzene rings is 4. The Labute approximate surface area is 324 Å². The minimum atomic E-state index is -3.19. The molecule has 0 saturated carbocycles. The van der Waals surface area contributed by atoms with Crippen LogP contribution in [0.2, 0.25) is 0 Å². The van der Waals surface area contributed by atoms with Crippen LogP contribution in [0.15, 0.2) is 114 Å². The summed E-state index contributed by atoms with van der Waals surface area (Å²) in [4.78, 5) is 45.0. The zero-order chi connectivity index (χ0) is 39.2. The fourth-order valence-corrected chi connectivity index (χ4v) is 7.40. The second-order valence-electron chi connectivity index (χ2n) is 14.1. The highest BCUT2D eigenvalue weighted by atomic mass is 32.2. The van der Waals surface area contributed by atoms with Gasteiger partial charge in [0.25, 0.3) is 0 Å².